The van der Waals surface area contributed by atoms with Crippen molar-refractivity contribution in [1.82, 2.24) is 0 Å². The van der Waals surface area contributed by atoms with Crippen LogP contribution >= 0.6 is 0 Å². The van der Waals surface area contributed by atoms with E-state index >= 15 is 0 Å². The molecule has 0 bridgehead atoms. The molecule has 174 valence electrons. The van der Waals surface area contributed by atoms with Crippen LogP contribution in [-0.4, -0.2) is 69.3 Å². The second-order valence-electron chi connectivity index (χ2n) is 7.32. The lowest BCUT2D eigenvalue weighted by Gasteiger charge is -2.38. The lowest BCUT2D eigenvalue weighted by Crippen LogP contribution is -2.61. The van der Waals surface area contributed by atoms with Gasteiger partial charge in [0.05, 0.1) is 7.11 Å². The first-order chi connectivity index (χ1) is 15.7. The summed E-state index contributed by atoms with van der Waals surface area (Å²) >= 11 is 0. The van der Waals surface area contributed by atoms with Gasteiger partial charge in [0.25, 0.3) is 0 Å². The van der Waals surface area contributed by atoms with Crippen LogP contribution in [0.25, 0.3) is 22.3 Å². The number of methoxy groups -OCH3 is 1. The van der Waals surface area contributed by atoms with Crippen LogP contribution in [-0.2, 0) is 9.53 Å². The number of phenolic OH excluding ortho intramolecular Hbond substituents is 1. The van der Waals surface area contributed by atoms with Gasteiger partial charge in [0.2, 0.25) is 12.0 Å². The first-order valence-electron chi connectivity index (χ1n) is 9.75. The highest BCUT2D eigenvalue weighted by Gasteiger charge is 2.48. The van der Waals surface area contributed by atoms with Crippen LogP contribution in [0.1, 0.15) is 0 Å². The van der Waals surface area contributed by atoms with Gasteiger partial charge >= 0.3 is 5.97 Å². The normalized spacial score (nSPS) is 25.0. The number of carboxylic acids is 1. The molecule has 2 aromatic carbocycles. The Hall–Kier alpha value is -3.64. The van der Waals surface area contributed by atoms with Crippen LogP contribution in [0.4, 0.5) is 0 Å². The average Bonchev–Trinajstić information content (AvgIpc) is 2.79. The molecular weight excluding hydrogens is 440 g/mol. The van der Waals surface area contributed by atoms with Gasteiger partial charge < -0.3 is 44.2 Å². The predicted octanol–water partition coefficient (Wildman–Crippen LogP) is 0.445. The number of hydrogen-bond acceptors (Lipinski definition) is 10. The van der Waals surface area contributed by atoms with E-state index < -0.39 is 47.9 Å². The Morgan fingerprint density at radius 2 is 1.73 bits per heavy atom. The molecule has 5 N–H and O–H groups in total. The highest BCUT2D eigenvalue weighted by molar-refractivity contribution is 5.89. The zero-order chi connectivity index (χ0) is 23.9. The highest BCUT2D eigenvalue weighted by atomic mass is 16.7. The van der Waals surface area contributed by atoms with Crippen molar-refractivity contribution in [3.05, 3.63) is 52.7 Å². The molecule has 1 aliphatic rings. The van der Waals surface area contributed by atoms with E-state index in [-0.39, 0.29) is 28.2 Å². The monoisotopic (exact) mass is 460 g/mol. The second-order valence-corrected chi connectivity index (χ2v) is 7.32. The Balaban J connectivity index is 1.80. The Kier molecular flexibility index (Phi) is 5.95. The third-order valence-electron chi connectivity index (χ3n) is 5.23. The molecule has 1 fully saturated rings. The molecule has 5 atom stereocenters. The topological polar surface area (TPSA) is 176 Å². The van der Waals surface area contributed by atoms with Gasteiger partial charge in [0.15, 0.2) is 23.0 Å². The van der Waals surface area contributed by atoms with Crippen molar-refractivity contribution >= 4 is 16.9 Å². The van der Waals surface area contributed by atoms with Crippen LogP contribution in [0, 0.1) is 0 Å². The molecule has 1 saturated heterocycles. The molecule has 1 aliphatic heterocycles. The quantitative estimate of drug-likeness (QED) is 0.357. The average molecular weight is 460 g/mol. The molecule has 1 aromatic heterocycles. The summed E-state index contributed by atoms with van der Waals surface area (Å²) in [6.07, 6.45) is -9.31. The van der Waals surface area contributed by atoms with E-state index in [1.165, 1.54) is 19.2 Å². The van der Waals surface area contributed by atoms with Crippen LogP contribution in [0.5, 0.6) is 17.2 Å². The molecule has 4 rings (SSSR count). The fourth-order valence-electron chi connectivity index (χ4n) is 3.57. The number of benzene rings is 2. The zero-order valence-corrected chi connectivity index (χ0v) is 17.1. The van der Waals surface area contributed by atoms with E-state index in [0.29, 0.717) is 5.56 Å². The number of fused-ring (bicyclic) bond motifs is 1. The van der Waals surface area contributed by atoms with Crippen molar-refractivity contribution in [3.8, 4) is 28.6 Å². The maximum atomic E-state index is 12.7. The second kappa shape index (κ2) is 8.71. The van der Waals surface area contributed by atoms with Gasteiger partial charge in [-0.05, 0) is 0 Å². The summed E-state index contributed by atoms with van der Waals surface area (Å²) in [5.41, 5.74) is -0.0482. The van der Waals surface area contributed by atoms with Crippen molar-refractivity contribution in [2.45, 2.75) is 30.7 Å². The van der Waals surface area contributed by atoms with Gasteiger partial charge in [-0.3, -0.25) is 4.79 Å². The van der Waals surface area contributed by atoms with E-state index in [4.69, 9.17) is 18.6 Å². The van der Waals surface area contributed by atoms with E-state index in [2.05, 4.69) is 0 Å². The number of aliphatic hydroxyl groups is 3. The van der Waals surface area contributed by atoms with Gasteiger partial charge in [0.1, 0.15) is 35.0 Å². The number of hydrogen-bond donors (Lipinski definition) is 5. The molecule has 0 aliphatic carbocycles. The Bertz CT molecular complexity index is 1240. The third kappa shape index (κ3) is 3.98. The summed E-state index contributed by atoms with van der Waals surface area (Å²) in [6, 6.07) is 11.1. The lowest BCUT2D eigenvalue weighted by atomic mass is 9.99. The first-order valence-corrected chi connectivity index (χ1v) is 9.75. The molecule has 2 heterocycles. The standard InChI is InChI=1S/C22H20O11/c1-30-19-13(32-22-18(27)16(25)17(26)20(33-22)21(28)29)8-12-14(15(19)24)10(23)7-11(31-12)9-5-3-2-4-6-9/h2-8,16-18,20,22,24-27H,1H3,(H,28,29)/t16-,17-,18+,20-,22+/m1/s1. The maximum Gasteiger partial charge on any atom is 0.335 e. The Morgan fingerprint density at radius 1 is 1.03 bits per heavy atom. The van der Waals surface area contributed by atoms with Gasteiger partial charge in [0, 0.05) is 17.7 Å². The van der Waals surface area contributed by atoms with E-state index in [9.17, 15) is 35.1 Å². The molecule has 11 heteroatoms. The molecule has 0 unspecified atom stereocenters. The summed E-state index contributed by atoms with van der Waals surface area (Å²) in [4.78, 5) is 24.0. The first kappa shape index (κ1) is 22.6. The molecule has 0 amide bonds. The largest absolute Gasteiger partial charge is 0.504 e. The van der Waals surface area contributed by atoms with Crippen LogP contribution in [0.3, 0.4) is 0 Å². The van der Waals surface area contributed by atoms with Crippen molar-refractivity contribution < 1.29 is 49.0 Å². The van der Waals surface area contributed by atoms with Crippen molar-refractivity contribution in [1.29, 1.82) is 0 Å². The number of aliphatic hydroxyl groups excluding tert-OH is 3. The van der Waals surface area contributed by atoms with Gasteiger partial charge in [-0.25, -0.2) is 4.79 Å². The van der Waals surface area contributed by atoms with Crippen LogP contribution < -0.4 is 14.9 Å². The molecule has 0 radical (unpaired) electrons. The summed E-state index contributed by atoms with van der Waals surface area (Å²) in [5, 5.41) is 49.7. The van der Waals surface area contributed by atoms with Gasteiger partial charge in [-0.1, -0.05) is 30.3 Å². The number of rotatable bonds is 5. The number of phenols is 1. The fraction of sp³-hybridized carbons (Fsp3) is 0.273. The number of carbonyl (C=O) groups is 1. The molecule has 0 spiro atoms. The number of carboxylic acid groups (broad SMARTS) is 1. The molecular formula is C22H20O11. The molecule has 33 heavy (non-hydrogen) atoms. The molecule has 3 aromatic rings. The lowest BCUT2D eigenvalue weighted by molar-refractivity contribution is -0.271. The molecule has 11 nitrogen and oxygen atoms in total. The smallest absolute Gasteiger partial charge is 0.335 e. The number of aliphatic carboxylic acids is 1. The Morgan fingerprint density at radius 3 is 2.36 bits per heavy atom. The van der Waals surface area contributed by atoms with Gasteiger partial charge in [-0.2, -0.15) is 0 Å². The van der Waals surface area contributed by atoms with E-state index in [0.717, 1.165) is 0 Å². The Labute approximate surface area is 185 Å². The molecule has 0 saturated carbocycles. The van der Waals surface area contributed by atoms with Crippen LogP contribution in [0.2, 0.25) is 0 Å². The summed E-state index contributed by atoms with van der Waals surface area (Å²) in [5.74, 6) is -2.58. The summed E-state index contributed by atoms with van der Waals surface area (Å²) < 4.78 is 21.5. The SMILES string of the molecule is COc1c(O[C@H]2O[C@@H](C(=O)O)[C@H](O)[C@@H](O)[C@@H]2O)cc2oc(-c3ccccc3)cc(=O)c2c1O. The highest BCUT2D eigenvalue weighted by Crippen LogP contribution is 2.43. The van der Waals surface area contributed by atoms with Gasteiger partial charge in [-0.15, -0.1) is 0 Å². The van der Waals surface area contributed by atoms with E-state index in [1.54, 1.807) is 30.3 Å². The summed E-state index contributed by atoms with van der Waals surface area (Å²) in [6.45, 7) is 0. The number of aromatic hydroxyl groups is 1. The summed E-state index contributed by atoms with van der Waals surface area (Å²) in [7, 11) is 1.19. The minimum atomic E-state index is -1.91. The maximum absolute atomic E-state index is 12.7. The predicted molar refractivity (Wildman–Crippen MR) is 111 cm³/mol. The van der Waals surface area contributed by atoms with Crippen molar-refractivity contribution in [3.63, 3.8) is 0 Å². The number of ether oxygens (including phenoxy) is 3. The van der Waals surface area contributed by atoms with E-state index in [1.807, 2.05) is 0 Å². The minimum Gasteiger partial charge on any atom is -0.504 e. The fourth-order valence-corrected chi connectivity index (χ4v) is 3.57. The van der Waals surface area contributed by atoms with Crippen molar-refractivity contribution in [2.75, 3.05) is 7.11 Å². The minimum absolute atomic E-state index is 0.0877. The van der Waals surface area contributed by atoms with Crippen LogP contribution in [0.15, 0.2) is 51.7 Å². The zero-order valence-electron chi connectivity index (χ0n) is 17.1. The van der Waals surface area contributed by atoms with Crippen molar-refractivity contribution in [2.24, 2.45) is 0 Å². The third-order valence-corrected chi connectivity index (χ3v) is 5.23.